The van der Waals surface area contributed by atoms with E-state index in [1.54, 1.807) is 0 Å². The molecule has 1 fully saturated rings. The van der Waals surface area contributed by atoms with Gasteiger partial charge in [0.2, 0.25) is 0 Å². The topological polar surface area (TPSA) is 38.7 Å². The molecule has 1 N–H and O–H groups in total. The molecule has 0 aliphatic carbocycles. The lowest BCUT2D eigenvalue weighted by molar-refractivity contribution is -0.155. The van der Waals surface area contributed by atoms with Gasteiger partial charge in [0.05, 0.1) is 12.7 Å². The molecule has 1 heterocycles. The Kier molecular flexibility index (Phi) is 6.87. The zero-order chi connectivity index (χ0) is 12.0. The molecule has 3 nitrogen and oxygen atoms in total. The highest BCUT2D eigenvalue weighted by Crippen LogP contribution is 2.17. The third-order valence-electron chi connectivity index (χ3n) is 2.58. The van der Waals surface area contributed by atoms with E-state index in [1.807, 2.05) is 19.9 Å². The molecule has 94 valence electrons. The van der Waals surface area contributed by atoms with Gasteiger partial charge in [-0.25, -0.2) is 0 Å². The summed E-state index contributed by atoms with van der Waals surface area (Å²) >= 11 is 2.21. The van der Waals surface area contributed by atoms with Crippen molar-refractivity contribution in [3.8, 4) is 0 Å². The quantitative estimate of drug-likeness (QED) is 0.783. The van der Waals surface area contributed by atoms with Crippen LogP contribution in [0.25, 0.3) is 0 Å². The van der Waals surface area contributed by atoms with Crippen LogP contribution in [0.3, 0.4) is 0 Å². The van der Waals surface area contributed by atoms with Gasteiger partial charge in [-0.1, -0.05) is 13.8 Å². The minimum atomic E-state index is -0.386. The van der Waals surface area contributed by atoms with Crippen LogP contribution in [0.5, 0.6) is 0 Å². The van der Waals surface area contributed by atoms with Gasteiger partial charge in [0.1, 0.15) is 0 Å². The molecule has 1 saturated heterocycles. The van der Waals surface area contributed by atoms with Gasteiger partial charge in [-0.05, 0) is 53.8 Å². The molecule has 0 amide bonds. The SMILES string of the molecule is CC(C)C(O)/C=C(\I)COC1CCCCO1. The van der Waals surface area contributed by atoms with Gasteiger partial charge in [-0.15, -0.1) is 0 Å². The van der Waals surface area contributed by atoms with Crippen LogP contribution >= 0.6 is 22.6 Å². The van der Waals surface area contributed by atoms with E-state index in [9.17, 15) is 5.11 Å². The van der Waals surface area contributed by atoms with Crippen LogP contribution in [-0.4, -0.2) is 30.7 Å². The molecule has 4 heteroatoms. The van der Waals surface area contributed by atoms with Crippen LogP contribution in [0.1, 0.15) is 33.1 Å². The lowest BCUT2D eigenvalue weighted by Crippen LogP contribution is -2.23. The van der Waals surface area contributed by atoms with E-state index in [-0.39, 0.29) is 18.3 Å². The molecule has 16 heavy (non-hydrogen) atoms. The number of ether oxygens (including phenoxy) is 2. The van der Waals surface area contributed by atoms with Crippen molar-refractivity contribution in [1.29, 1.82) is 0 Å². The molecule has 0 aromatic carbocycles. The molecule has 1 aliphatic heterocycles. The molecule has 0 radical (unpaired) electrons. The summed E-state index contributed by atoms with van der Waals surface area (Å²) in [6, 6.07) is 0. The van der Waals surface area contributed by atoms with E-state index in [0.717, 1.165) is 23.0 Å². The highest BCUT2D eigenvalue weighted by atomic mass is 127. The summed E-state index contributed by atoms with van der Waals surface area (Å²) in [5.74, 6) is 0.246. The Bertz CT molecular complexity index is 222. The normalized spacial score (nSPS) is 24.8. The largest absolute Gasteiger partial charge is 0.389 e. The maximum absolute atomic E-state index is 9.67. The maximum atomic E-state index is 9.67. The van der Waals surface area contributed by atoms with Gasteiger partial charge in [-0.3, -0.25) is 0 Å². The van der Waals surface area contributed by atoms with Crippen LogP contribution in [0.2, 0.25) is 0 Å². The molecule has 1 aliphatic rings. The molecule has 0 aromatic rings. The van der Waals surface area contributed by atoms with E-state index in [4.69, 9.17) is 9.47 Å². The third-order valence-corrected chi connectivity index (χ3v) is 3.25. The standard InChI is InChI=1S/C12H21IO3/c1-9(2)11(14)7-10(13)8-16-12-5-3-4-6-15-12/h7,9,11-12,14H,3-6,8H2,1-2H3/b10-7-. The van der Waals surface area contributed by atoms with Gasteiger partial charge in [0, 0.05) is 10.2 Å². The molecule has 0 spiro atoms. The van der Waals surface area contributed by atoms with Crippen LogP contribution in [-0.2, 0) is 9.47 Å². The first kappa shape index (κ1) is 14.4. The van der Waals surface area contributed by atoms with Gasteiger partial charge < -0.3 is 14.6 Å². The van der Waals surface area contributed by atoms with Crippen molar-refractivity contribution in [2.45, 2.75) is 45.5 Å². The lowest BCUT2D eigenvalue weighted by atomic mass is 10.1. The molecule has 0 bridgehead atoms. The second-order valence-corrected chi connectivity index (χ2v) is 5.84. The van der Waals surface area contributed by atoms with E-state index in [0.29, 0.717) is 6.61 Å². The smallest absolute Gasteiger partial charge is 0.158 e. The average molecular weight is 340 g/mol. The number of rotatable bonds is 5. The molecule has 2 atom stereocenters. The van der Waals surface area contributed by atoms with Gasteiger partial charge >= 0.3 is 0 Å². The second-order valence-electron chi connectivity index (χ2n) is 4.46. The maximum Gasteiger partial charge on any atom is 0.158 e. The van der Waals surface area contributed by atoms with Crippen LogP contribution in [0, 0.1) is 5.92 Å². The molecule has 1 rings (SSSR count). The van der Waals surface area contributed by atoms with Gasteiger partial charge in [-0.2, -0.15) is 0 Å². The first-order valence-electron chi connectivity index (χ1n) is 5.87. The lowest BCUT2D eigenvalue weighted by Gasteiger charge is -2.22. The summed E-state index contributed by atoms with van der Waals surface area (Å²) in [4.78, 5) is 0. The van der Waals surface area contributed by atoms with Gasteiger partial charge in [0.25, 0.3) is 0 Å². The summed E-state index contributed by atoms with van der Waals surface area (Å²) in [5.41, 5.74) is 0. The van der Waals surface area contributed by atoms with E-state index >= 15 is 0 Å². The fraction of sp³-hybridized carbons (Fsp3) is 0.833. The molecule has 2 unspecified atom stereocenters. The molecular weight excluding hydrogens is 319 g/mol. The summed E-state index contributed by atoms with van der Waals surface area (Å²) in [6.07, 6.45) is 4.72. The average Bonchev–Trinajstić information content (AvgIpc) is 2.27. The fourth-order valence-corrected chi connectivity index (χ4v) is 1.99. The van der Waals surface area contributed by atoms with Crippen LogP contribution < -0.4 is 0 Å². The Morgan fingerprint density at radius 2 is 2.31 bits per heavy atom. The number of halogens is 1. The Morgan fingerprint density at radius 1 is 1.56 bits per heavy atom. The van der Waals surface area contributed by atoms with E-state index in [1.165, 1.54) is 6.42 Å². The molecule has 0 saturated carbocycles. The monoisotopic (exact) mass is 340 g/mol. The highest BCUT2D eigenvalue weighted by Gasteiger charge is 2.14. The van der Waals surface area contributed by atoms with Crippen molar-refractivity contribution in [2.75, 3.05) is 13.2 Å². The summed E-state index contributed by atoms with van der Waals surface area (Å²) < 4.78 is 12.1. The summed E-state index contributed by atoms with van der Waals surface area (Å²) in [5, 5.41) is 9.67. The van der Waals surface area contributed by atoms with E-state index < -0.39 is 0 Å². The third kappa shape index (κ3) is 5.61. The summed E-state index contributed by atoms with van der Waals surface area (Å²) in [6.45, 7) is 5.33. The molecule has 0 aromatic heterocycles. The minimum Gasteiger partial charge on any atom is -0.389 e. The Morgan fingerprint density at radius 3 is 2.88 bits per heavy atom. The highest BCUT2D eigenvalue weighted by molar-refractivity contribution is 14.1. The predicted molar refractivity (Wildman–Crippen MR) is 72.5 cm³/mol. The van der Waals surface area contributed by atoms with Crippen molar-refractivity contribution in [3.63, 3.8) is 0 Å². The molecular formula is C12H21IO3. The van der Waals surface area contributed by atoms with E-state index in [2.05, 4.69) is 22.6 Å². The van der Waals surface area contributed by atoms with Crippen molar-refractivity contribution < 1.29 is 14.6 Å². The predicted octanol–water partition coefficient (Wildman–Crippen LogP) is 2.87. The zero-order valence-electron chi connectivity index (χ0n) is 9.99. The first-order chi connectivity index (χ1) is 7.59. The Balaban J connectivity index is 2.25. The second kappa shape index (κ2) is 7.63. The number of aliphatic hydroxyl groups excluding tert-OH is 1. The van der Waals surface area contributed by atoms with Crippen LogP contribution in [0.4, 0.5) is 0 Å². The minimum absolute atomic E-state index is 0.0527. The fourth-order valence-electron chi connectivity index (χ4n) is 1.44. The number of hydrogen-bond acceptors (Lipinski definition) is 3. The Labute approximate surface area is 111 Å². The zero-order valence-corrected chi connectivity index (χ0v) is 12.1. The summed E-state index contributed by atoms with van der Waals surface area (Å²) in [7, 11) is 0. The Hall–Kier alpha value is 0.350. The van der Waals surface area contributed by atoms with Crippen molar-refractivity contribution in [3.05, 3.63) is 9.66 Å². The first-order valence-corrected chi connectivity index (χ1v) is 6.95. The van der Waals surface area contributed by atoms with Crippen molar-refractivity contribution in [2.24, 2.45) is 5.92 Å². The van der Waals surface area contributed by atoms with Crippen LogP contribution in [0.15, 0.2) is 9.66 Å². The number of aliphatic hydroxyl groups is 1. The van der Waals surface area contributed by atoms with Crippen molar-refractivity contribution in [1.82, 2.24) is 0 Å². The van der Waals surface area contributed by atoms with Crippen molar-refractivity contribution >= 4 is 22.6 Å². The number of hydrogen-bond donors (Lipinski definition) is 1. The van der Waals surface area contributed by atoms with Gasteiger partial charge in [0.15, 0.2) is 6.29 Å².